The minimum absolute atomic E-state index is 0. The highest BCUT2D eigenvalue weighted by Crippen LogP contribution is 2.35. The lowest BCUT2D eigenvalue weighted by molar-refractivity contribution is 0.510. The molecule has 0 heterocycles. The van der Waals surface area contributed by atoms with E-state index in [-0.39, 0.29) is 29.4 Å². The SMILES string of the molecule is CN=C(NC)NCC(C)(C)c1c(Cl)cccc1Cl.I. The number of guanidine groups is 1. The summed E-state index contributed by atoms with van der Waals surface area (Å²) in [6, 6.07) is 5.57. The third kappa shape index (κ3) is 5.00. The van der Waals surface area contributed by atoms with Crippen LogP contribution in [0.1, 0.15) is 19.4 Å². The summed E-state index contributed by atoms with van der Waals surface area (Å²) in [6.07, 6.45) is 0. The van der Waals surface area contributed by atoms with Gasteiger partial charge in [-0.1, -0.05) is 43.1 Å². The monoisotopic (exact) mass is 415 g/mol. The summed E-state index contributed by atoms with van der Waals surface area (Å²) < 4.78 is 0. The molecule has 0 radical (unpaired) electrons. The van der Waals surface area contributed by atoms with Crippen molar-refractivity contribution in [3.05, 3.63) is 33.8 Å². The zero-order chi connectivity index (χ0) is 13.8. The molecule has 0 aliphatic rings. The van der Waals surface area contributed by atoms with Crippen LogP contribution in [0.3, 0.4) is 0 Å². The van der Waals surface area contributed by atoms with Crippen LogP contribution in [-0.2, 0) is 5.41 Å². The largest absolute Gasteiger partial charge is 0.359 e. The number of benzene rings is 1. The van der Waals surface area contributed by atoms with Crippen molar-refractivity contribution in [1.82, 2.24) is 10.6 Å². The van der Waals surface area contributed by atoms with Crippen molar-refractivity contribution in [2.24, 2.45) is 4.99 Å². The van der Waals surface area contributed by atoms with Crippen LogP contribution in [0.4, 0.5) is 0 Å². The van der Waals surface area contributed by atoms with Gasteiger partial charge in [-0.05, 0) is 17.7 Å². The Bertz CT molecular complexity index is 427. The number of nitrogens with one attached hydrogen (secondary N) is 2. The Hall–Kier alpha value is -0.200. The summed E-state index contributed by atoms with van der Waals surface area (Å²) >= 11 is 12.5. The summed E-state index contributed by atoms with van der Waals surface area (Å²) in [7, 11) is 3.55. The Labute approximate surface area is 142 Å². The molecule has 0 amide bonds. The topological polar surface area (TPSA) is 36.4 Å². The van der Waals surface area contributed by atoms with Crippen LogP contribution in [0, 0.1) is 0 Å². The van der Waals surface area contributed by atoms with Crippen molar-refractivity contribution in [1.29, 1.82) is 0 Å². The summed E-state index contributed by atoms with van der Waals surface area (Å²) in [5.41, 5.74) is 0.759. The fourth-order valence-corrected chi connectivity index (χ4v) is 2.73. The summed E-state index contributed by atoms with van der Waals surface area (Å²) in [4.78, 5) is 4.08. The molecular formula is C13H20Cl2IN3. The van der Waals surface area contributed by atoms with E-state index in [1.807, 2.05) is 25.2 Å². The van der Waals surface area contributed by atoms with Crippen molar-refractivity contribution < 1.29 is 0 Å². The molecule has 0 bridgehead atoms. The molecule has 0 unspecified atom stereocenters. The molecule has 1 aromatic carbocycles. The maximum atomic E-state index is 6.24. The van der Waals surface area contributed by atoms with E-state index >= 15 is 0 Å². The van der Waals surface area contributed by atoms with E-state index in [0.717, 1.165) is 11.5 Å². The first-order valence-electron chi connectivity index (χ1n) is 5.75. The number of rotatable bonds is 3. The quantitative estimate of drug-likeness (QED) is 0.448. The van der Waals surface area contributed by atoms with Gasteiger partial charge >= 0.3 is 0 Å². The van der Waals surface area contributed by atoms with Crippen LogP contribution in [-0.4, -0.2) is 26.6 Å². The fraction of sp³-hybridized carbons (Fsp3) is 0.462. The maximum absolute atomic E-state index is 6.24. The molecule has 0 aromatic heterocycles. The fourth-order valence-electron chi connectivity index (χ4n) is 1.82. The lowest BCUT2D eigenvalue weighted by Gasteiger charge is -2.28. The molecule has 0 spiro atoms. The Balaban J connectivity index is 0.00000324. The summed E-state index contributed by atoms with van der Waals surface area (Å²) in [6.45, 7) is 4.87. The first kappa shape index (κ1) is 18.8. The molecule has 0 fully saturated rings. The Morgan fingerprint density at radius 3 is 2.21 bits per heavy atom. The predicted octanol–water partition coefficient (Wildman–Crippen LogP) is 3.68. The molecule has 1 rings (SSSR count). The molecule has 6 heteroatoms. The van der Waals surface area contributed by atoms with Crippen molar-refractivity contribution in [2.75, 3.05) is 20.6 Å². The lowest BCUT2D eigenvalue weighted by atomic mass is 9.84. The molecule has 19 heavy (non-hydrogen) atoms. The molecule has 2 N–H and O–H groups in total. The average molecular weight is 416 g/mol. The molecule has 3 nitrogen and oxygen atoms in total. The van der Waals surface area contributed by atoms with Crippen LogP contribution < -0.4 is 10.6 Å². The summed E-state index contributed by atoms with van der Waals surface area (Å²) in [5, 5.41) is 7.59. The maximum Gasteiger partial charge on any atom is 0.190 e. The molecule has 0 saturated heterocycles. The van der Waals surface area contributed by atoms with Crippen molar-refractivity contribution in [3.8, 4) is 0 Å². The number of hydrogen-bond acceptors (Lipinski definition) is 1. The van der Waals surface area contributed by atoms with Crippen LogP contribution in [0.2, 0.25) is 10.0 Å². The second-order valence-corrected chi connectivity index (χ2v) is 5.47. The number of aliphatic imine (C=N–C) groups is 1. The number of nitrogens with zero attached hydrogens (tertiary/aromatic N) is 1. The smallest absolute Gasteiger partial charge is 0.190 e. The first-order chi connectivity index (χ1) is 8.42. The van der Waals surface area contributed by atoms with Gasteiger partial charge in [-0.2, -0.15) is 0 Å². The Morgan fingerprint density at radius 2 is 1.79 bits per heavy atom. The van der Waals surface area contributed by atoms with Gasteiger partial charge in [-0.25, -0.2) is 0 Å². The molecule has 0 saturated carbocycles. The van der Waals surface area contributed by atoms with Crippen LogP contribution >= 0.6 is 47.2 Å². The van der Waals surface area contributed by atoms with E-state index in [9.17, 15) is 0 Å². The highest BCUT2D eigenvalue weighted by atomic mass is 127. The van der Waals surface area contributed by atoms with Gasteiger partial charge in [0.05, 0.1) is 0 Å². The normalized spacial score (nSPS) is 11.8. The van der Waals surface area contributed by atoms with Gasteiger partial charge in [0.2, 0.25) is 0 Å². The molecule has 108 valence electrons. The zero-order valence-electron chi connectivity index (χ0n) is 11.6. The van der Waals surface area contributed by atoms with Gasteiger partial charge in [-0.15, -0.1) is 24.0 Å². The van der Waals surface area contributed by atoms with Gasteiger partial charge in [0.25, 0.3) is 0 Å². The second kappa shape index (κ2) is 8.17. The minimum Gasteiger partial charge on any atom is -0.359 e. The van der Waals surface area contributed by atoms with Crippen molar-refractivity contribution in [2.45, 2.75) is 19.3 Å². The van der Waals surface area contributed by atoms with Crippen LogP contribution in [0.5, 0.6) is 0 Å². The minimum atomic E-state index is -0.192. The van der Waals surface area contributed by atoms with Gasteiger partial charge in [0.15, 0.2) is 5.96 Å². The van der Waals surface area contributed by atoms with E-state index in [1.54, 1.807) is 7.05 Å². The van der Waals surface area contributed by atoms with Gasteiger partial charge in [0.1, 0.15) is 0 Å². The van der Waals surface area contributed by atoms with E-state index < -0.39 is 0 Å². The molecule has 0 aliphatic heterocycles. The van der Waals surface area contributed by atoms with E-state index in [0.29, 0.717) is 16.6 Å². The van der Waals surface area contributed by atoms with E-state index in [2.05, 4.69) is 29.5 Å². The van der Waals surface area contributed by atoms with Gasteiger partial charge < -0.3 is 10.6 Å². The predicted molar refractivity (Wildman–Crippen MR) is 95.3 cm³/mol. The second-order valence-electron chi connectivity index (χ2n) is 4.66. The molecule has 0 aliphatic carbocycles. The van der Waals surface area contributed by atoms with Crippen LogP contribution in [0.15, 0.2) is 23.2 Å². The third-order valence-corrected chi connectivity index (χ3v) is 3.43. The molecular weight excluding hydrogens is 396 g/mol. The highest BCUT2D eigenvalue weighted by Gasteiger charge is 2.26. The Kier molecular flexibility index (Phi) is 8.08. The number of hydrogen-bond donors (Lipinski definition) is 2. The van der Waals surface area contributed by atoms with E-state index in [1.165, 1.54) is 0 Å². The standard InChI is InChI=1S/C13H19Cl2N3.HI/c1-13(2,8-18-12(16-3)17-4)11-9(14)6-5-7-10(11)15;/h5-7H,8H2,1-4H3,(H2,16,17,18);1H. The van der Waals surface area contributed by atoms with Crippen molar-refractivity contribution >= 4 is 53.1 Å². The van der Waals surface area contributed by atoms with E-state index in [4.69, 9.17) is 23.2 Å². The van der Waals surface area contributed by atoms with Gasteiger partial charge in [0, 0.05) is 36.1 Å². The zero-order valence-corrected chi connectivity index (χ0v) is 15.4. The lowest BCUT2D eigenvalue weighted by Crippen LogP contribution is -2.42. The third-order valence-electron chi connectivity index (χ3n) is 2.80. The number of halogens is 3. The average Bonchev–Trinajstić information content (AvgIpc) is 2.29. The van der Waals surface area contributed by atoms with Crippen LogP contribution in [0.25, 0.3) is 0 Å². The van der Waals surface area contributed by atoms with Crippen molar-refractivity contribution in [3.63, 3.8) is 0 Å². The summed E-state index contributed by atoms with van der Waals surface area (Å²) in [5.74, 6) is 0.742. The Morgan fingerprint density at radius 1 is 1.26 bits per heavy atom. The first-order valence-corrected chi connectivity index (χ1v) is 6.51. The van der Waals surface area contributed by atoms with Gasteiger partial charge in [-0.3, -0.25) is 4.99 Å². The highest BCUT2D eigenvalue weighted by molar-refractivity contribution is 14.0. The molecule has 0 atom stereocenters. The molecule has 1 aromatic rings.